The molecule has 0 aromatic heterocycles. The summed E-state index contributed by atoms with van der Waals surface area (Å²) in [5.41, 5.74) is 0. The molecule has 0 fully saturated rings. The Hall–Kier alpha value is -1.86. The summed E-state index contributed by atoms with van der Waals surface area (Å²) in [4.78, 5) is 0. The summed E-state index contributed by atoms with van der Waals surface area (Å²) in [6.07, 6.45) is 0.607. The largest absolute Gasteiger partial charge is 0.404 e. The van der Waals surface area contributed by atoms with E-state index in [1.54, 1.807) is 0 Å². The van der Waals surface area contributed by atoms with E-state index in [0.29, 0.717) is 6.42 Å². The number of rotatable bonds is 5. The van der Waals surface area contributed by atoms with Gasteiger partial charge < -0.3 is 9.53 Å². The Balaban J connectivity index is 2.56. The van der Waals surface area contributed by atoms with Gasteiger partial charge in [0.15, 0.2) is 0 Å². The highest BCUT2D eigenvalue weighted by Crippen LogP contribution is 2.37. The summed E-state index contributed by atoms with van der Waals surface area (Å²) in [5, 5.41) is 11.4. The maximum absolute atomic E-state index is 8.89. The number of aliphatic hydroxyl groups excluding tert-OH is 1. The normalized spacial score (nSPS) is 13.0. The van der Waals surface area contributed by atoms with Gasteiger partial charge in [0.2, 0.25) is 0 Å². The molecule has 0 bridgehead atoms. The van der Waals surface area contributed by atoms with E-state index >= 15 is 0 Å². The highest BCUT2D eigenvalue weighted by Gasteiger charge is 2.50. The van der Waals surface area contributed by atoms with Crippen molar-refractivity contribution in [2.75, 3.05) is 6.61 Å². The fraction of sp³-hybridized carbons (Fsp3) is 0.364. The first kappa shape index (κ1) is 19.5. The van der Waals surface area contributed by atoms with Gasteiger partial charge in [0.05, 0.1) is 6.10 Å². The molecule has 2 aromatic carbocycles. The van der Waals surface area contributed by atoms with E-state index in [1.807, 2.05) is 12.1 Å². The molecule has 1 atom stereocenters. The van der Waals surface area contributed by atoms with Crippen molar-refractivity contribution < 1.29 is 9.53 Å². The lowest BCUT2D eigenvalue weighted by Crippen LogP contribution is -2.67. The minimum Gasteiger partial charge on any atom is -0.404 e. The van der Waals surface area contributed by atoms with Crippen LogP contribution in [0.5, 0.6) is 0 Å². The maximum atomic E-state index is 8.89. The Labute approximate surface area is 153 Å². The predicted octanol–water partition coefficient (Wildman–Crippen LogP) is 3.34. The lowest BCUT2D eigenvalue weighted by atomic mass is 10.2. The fourth-order valence-corrected chi connectivity index (χ4v) is 8.01. The molecule has 0 heterocycles. The first-order valence-electron chi connectivity index (χ1n) is 8.77. The third kappa shape index (κ3) is 4.41. The molecule has 0 saturated carbocycles. The summed E-state index contributed by atoms with van der Waals surface area (Å²) in [7, 11) is -2.50. The highest BCUT2D eigenvalue weighted by atomic mass is 28.4. The second kappa shape index (κ2) is 8.49. The molecule has 0 amide bonds. The second-order valence-electron chi connectivity index (χ2n) is 7.31. The molecule has 0 radical (unpaired) electrons. The molecule has 2 nitrogen and oxygen atoms in total. The van der Waals surface area contributed by atoms with Crippen LogP contribution < -0.4 is 10.4 Å². The van der Waals surface area contributed by atoms with Crippen LogP contribution in [0.25, 0.3) is 0 Å². The zero-order valence-electron chi connectivity index (χ0n) is 15.6. The molecule has 2 aromatic rings. The number of hydrogen-bond donors (Lipinski definition) is 1. The van der Waals surface area contributed by atoms with Crippen molar-refractivity contribution >= 4 is 18.7 Å². The average Bonchev–Trinajstić information content (AvgIpc) is 2.60. The number of aliphatic hydroxyl groups is 1. The average molecular weight is 353 g/mol. The van der Waals surface area contributed by atoms with Crippen molar-refractivity contribution in [3.8, 4) is 11.8 Å². The Morgan fingerprint density at radius 1 is 0.920 bits per heavy atom. The van der Waals surface area contributed by atoms with E-state index in [9.17, 15) is 0 Å². The van der Waals surface area contributed by atoms with Crippen LogP contribution in [0.15, 0.2) is 60.7 Å². The molecule has 0 aliphatic heterocycles. The van der Waals surface area contributed by atoms with Crippen molar-refractivity contribution in [1.82, 2.24) is 0 Å². The Bertz CT molecular complexity index is 669. The number of benzene rings is 2. The van der Waals surface area contributed by atoms with Gasteiger partial charge in [0, 0.05) is 6.42 Å². The molecule has 0 unspecified atom stereocenters. The van der Waals surface area contributed by atoms with Crippen molar-refractivity contribution in [2.45, 2.75) is 45.3 Å². The van der Waals surface area contributed by atoms with Crippen molar-refractivity contribution in [1.29, 1.82) is 0 Å². The van der Waals surface area contributed by atoms with Gasteiger partial charge in [-0.25, -0.2) is 0 Å². The quantitative estimate of drug-likeness (QED) is 0.661. The monoisotopic (exact) mass is 352 g/mol. The summed E-state index contributed by atoms with van der Waals surface area (Å²) in [6.45, 7) is 8.78. The zero-order chi connectivity index (χ0) is 18.3. The molecule has 2 rings (SSSR count). The van der Waals surface area contributed by atoms with Gasteiger partial charge in [-0.1, -0.05) is 93.3 Å². The van der Waals surface area contributed by atoms with Gasteiger partial charge >= 0.3 is 0 Å². The van der Waals surface area contributed by atoms with E-state index in [0.717, 1.165) is 0 Å². The van der Waals surface area contributed by atoms with Crippen LogP contribution in [0.3, 0.4) is 0 Å². The van der Waals surface area contributed by atoms with Crippen molar-refractivity contribution in [2.24, 2.45) is 0 Å². The standard InChI is InChI=1S/C22H28O2Si/c1-19(13-11-12-18-23)24-25(22(2,3)4,20-14-7-5-8-15-20)21-16-9-6-10-17-21/h5-10,14-17,19,23H,13,18H2,1-4H3/t19-/m1/s1. The third-order valence-corrected chi connectivity index (χ3v) is 9.55. The Morgan fingerprint density at radius 2 is 1.40 bits per heavy atom. The molecular formula is C22H28O2Si. The molecule has 3 heteroatoms. The molecular weight excluding hydrogens is 324 g/mol. The molecule has 0 aliphatic rings. The van der Waals surface area contributed by atoms with Crippen LogP contribution in [0.2, 0.25) is 5.04 Å². The fourth-order valence-electron chi connectivity index (χ4n) is 3.31. The van der Waals surface area contributed by atoms with E-state index in [-0.39, 0.29) is 17.7 Å². The summed E-state index contributed by atoms with van der Waals surface area (Å²) < 4.78 is 6.88. The minimum absolute atomic E-state index is 0.00893. The van der Waals surface area contributed by atoms with Gasteiger partial charge in [-0.3, -0.25) is 0 Å². The zero-order valence-corrected chi connectivity index (χ0v) is 16.6. The molecule has 0 spiro atoms. The highest BCUT2D eigenvalue weighted by molar-refractivity contribution is 6.99. The van der Waals surface area contributed by atoms with Gasteiger partial charge in [0.1, 0.15) is 6.61 Å². The molecule has 0 aliphatic carbocycles. The molecule has 132 valence electrons. The van der Waals surface area contributed by atoms with Gasteiger partial charge in [-0.05, 0) is 22.3 Å². The van der Waals surface area contributed by atoms with E-state index in [1.165, 1.54) is 10.4 Å². The Kier molecular flexibility index (Phi) is 6.61. The Morgan fingerprint density at radius 3 is 1.80 bits per heavy atom. The lowest BCUT2D eigenvalue weighted by Gasteiger charge is -2.44. The van der Waals surface area contributed by atoms with Crippen molar-refractivity contribution in [3.63, 3.8) is 0 Å². The lowest BCUT2D eigenvalue weighted by molar-refractivity contribution is 0.212. The third-order valence-electron chi connectivity index (χ3n) is 4.39. The molecule has 1 N–H and O–H groups in total. The SMILES string of the molecule is C[C@H](CC#CCO)O[Si](c1ccccc1)(c1ccccc1)C(C)(C)C. The van der Waals surface area contributed by atoms with Gasteiger partial charge in [0.25, 0.3) is 8.32 Å². The summed E-state index contributed by atoms with van der Waals surface area (Å²) in [6, 6.07) is 21.2. The minimum atomic E-state index is -2.50. The molecule has 25 heavy (non-hydrogen) atoms. The van der Waals surface area contributed by atoms with Crippen LogP contribution in [0.1, 0.15) is 34.1 Å². The second-order valence-corrected chi connectivity index (χ2v) is 11.6. The first-order chi connectivity index (χ1) is 11.9. The van der Waals surface area contributed by atoms with Crippen LogP contribution in [-0.4, -0.2) is 26.1 Å². The van der Waals surface area contributed by atoms with E-state index < -0.39 is 8.32 Å². The van der Waals surface area contributed by atoms with Crippen LogP contribution >= 0.6 is 0 Å². The van der Waals surface area contributed by atoms with Crippen molar-refractivity contribution in [3.05, 3.63) is 60.7 Å². The predicted molar refractivity (Wildman–Crippen MR) is 108 cm³/mol. The molecule has 0 saturated heterocycles. The first-order valence-corrected chi connectivity index (χ1v) is 10.7. The van der Waals surface area contributed by atoms with Crippen LogP contribution in [-0.2, 0) is 4.43 Å². The van der Waals surface area contributed by atoms with E-state index in [2.05, 4.69) is 88.1 Å². The topological polar surface area (TPSA) is 29.5 Å². The van der Waals surface area contributed by atoms with E-state index in [4.69, 9.17) is 9.53 Å². The maximum Gasteiger partial charge on any atom is 0.261 e. The summed E-state index contributed by atoms with van der Waals surface area (Å²) >= 11 is 0. The summed E-state index contributed by atoms with van der Waals surface area (Å²) in [5.74, 6) is 5.73. The smallest absolute Gasteiger partial charge is 0.261 e. The van der Waals surface area contributed by atoms with Crippen LogP contribution in [0.4, 0.5) is 0 Å². The van der Waals surface area contributed by atoms with Crippen LogP contribution in [0, 0.1) is 11.8 Å². The van der Waals surface area contributed by atoms with Gasteiger partial charge in [-0.15, -0.1) is 0 Å². The van der Waals surface area contributed by atoms with Gasteiger partial charge in [-0.2, -0.15) is 0 Å². The number of hydrogen-bond acceptors (Lipinski definition) is 2.